The Kier molecular flexibility index (Phi) is 4.00. The van der Waals surface area contributed by atoms with Gasteiger partial charge in [-0.2, -0.15) is 0 Å². The molecule has 0 saturated heterocycles. The van der Waals surface area contributed by atoms with Gasteiger partial charge in [0, 0.05) is 29.8 Å². The zero-order valence-electron chi connectivity index (χ0n) is 7.72. The number of pyridine rings is 1. The van der Waals surface area contributed by atoms with Crippen molar-refractivity contribution in [1.29, 1.82) is 0 Å². The van der Waals surface area contributed by atoms with Gasteiger partial charge in [-0.15, -0.1) is 11.6 Å². The number of nitrogens with zero attached hydrogens (tertiary/aromatic N) is 2. The van der Waals surface area contributed by atoms with E-state index >= 15 is 0 Å². The van der Waals surface area contributed by atoms with Gasteiger partial charge in [-0.25, -0.2) is 4.98 Å². The molecule has 4 heteroatoms. The van der Waals surface area contributed by atoms with E-state index in [1.807, 2.05) is 13.1 Å². The van der Waals surface area contributed by atoms with Gasteiger partial charge in [-0.1, -0.05) is 0 Å². The topological polar surface area (TPSA) is 16.1 Å². The Balaban J connectivity index is 3.05. The van der Waals surface area contributed by atoms with Gasteiger partial charge >= 0.3 is 0 Å². The summed E-state index contributed by atoms with van der Waals surface area (Å²) in [6.45, 7) is 3.01. The molecular formula is C9H12BrClN2. The van der Waals surface area contributed by atoms with Gasteiger partial charge in [0.25, 0.3) is 0 Å². The van der Waals surface area contributed by atoms with E-state index in [1.54, 1.807) is 6.20 Å². The summed E-state index contributed by atoms with van der Waals surface area (Å²) in [5.74, 6) is 1.45. The molecule has 13 heavy (non-hydrogen) atoms. The van der Waals surface area contributed by atoms with Crippen LogP contribution in [0.25, 0.3) is 0 Å². The molecule has 1 aromatic heterocycles. The van der Waals surface area contributed by atoms with Gasteiger partial charge in [-0.3, -0.25) is 0 Å². The summed E-state index contributed by atoms with van der Waals surface area (Å²) in [4.78, 5) is 6.39. The molecule has 0 aromatic carbocycles. The van der Waals surface area contributed by atoms with Crippen molar-refractivity contribution in [1.82, 2.24) is 4.98 Å². The van der Waals surface area contributed by atoms with Crippen molar-refractivity contribution in [3.8, 4) is 0 Å². The molecule has 1 aromatic rings. The summed E-state index contributed by atoms with van der Waals surface area (Å²) < 4.78 is 0.969. The number of rotatable bonds is 3. The molecule has 0 spiro atoms. The maximum absolute atomic E-state index is 5.82. The summed E-state index contributed by atoms with van der Waals surface area (Å²) in [5.41, 5.74) is 1.06. The van der Waals surface area contributed by atoms with E-state index in [0.717, 1.165) is 22.4 Å². The summed E-state index contributed by atoms with van der Waals surface area (Å²) in [6, 6.07) is 2.00. The Labute approximate surface area is 92.0 Å². The van der Waals surface area contributed by atoms with E-state index < -0.39 is 0 Å². The Morgan fingerprint density at radius 1 is 1.62 bits per heavy atom. The Bertz CT molecular complexity index is 291. The lowest BCUT2D eigenvalue weighted by atomic mass is 10.3. The number of anilines is 1. The molecule has 0 fully saturated rings. The van der Waals surface area contributed by atoms with Crippen molar-refractivity contribution < 1.29 is 0 Å². The fourth-order valence-corrected chi connectivity index (χ4v) is 1.64. The average molecular weight is 264 g/mol. The fourth-order valence-electron chi connectivity index (χ4n) is 1.07. The first-order chi connectivity index (χ1) is 6.19. The molecule has 0 unspecified atom stereocenters. The normalized spacial score (nSPS) is 10.2. The lowest BCUT2D eigenvalue weighted by Crippen LogP contribution is -2.18. The first kappa shape index (κ1) is 10.8. The quantitative estimate of drug-likeness (QED) is 0.779. The second-order valence-electron chi connectivity index (χ2n) is 2.78. The van der Waals surface area contributed by atoms with Crippen LogP contribution in [0.4, 0.5) is 5.82 Å². The van der Waals surface area contributed by atoms with Gasteiger partial charge in [0.2, 0.25) is 0 Å². The Hall–Kier alpha value is -0.280. The average Bonchev–Trinajstić information content (AvgIpc) is 2.16. The molecule has 1 heterocycles. The van der Waals surface area contributed by atoms with Crippen molar-refractivity contribution in [2.75, 3.05) is 18.5 Å². The summed E-state index contributed by atoms with van der Waals surface area (Å²) >= 11 is 9.19. The van der Waals surface area contributed by atoms with E-state index in [9.17, 15) is 0 Å². The van der Waals surface area contributed by atoms with Crippen LogP contribution in [-0.4, -0.2) is 18.6 Å². The first-order valence-electron chi connectivity index (χ1n) is 4.10. The molecule has 0 amide bonds. The Morgan fingerprint density at radius 3 is 2.85 bits per heavy atom. The predicted molar refractivity (Wildman–Crippen MR) is 60.4 cm³/mol. The molecule has 0 aliphatic heterocycles. The summed E-state index contributed by atoms with van der Waals surface area (Å²) in [5, 5.41) is 0. The fraction of sp³-hybridized carbons (Fsp3) is 0.444. The van der Waals surface area contributed by atoms with Crippen molar-refractivity contribution in [3.63, 3.8) is 0 Å². The number of alkyl halides is 1. The molecule has 0 radical (unpaired) electrons. The highest BCUT2D eigenvalue weighted by Gasteiger charge is 2.06. The van der Waals surface area contributed by atoms with Crippen molar-refractivity contribution in [3.05, 3.63) is 22.3 Å². The molecular weight excluding hydrogens is 251 g/mol. The molecule has 2 nitrogen and oxygen atoms in total. The highest BCUT2D eigenvalue weighted by Crippen LogP contribution is 2.21. The molecule has 0 aliphatic rings. The van der Waals surface area contributed by atoms with Crippen LogP contribution in [0, 0.1) is 0 Å². The zero-order valence-corrected chi connectivity index (χ0v) is 10.1. The van der Waals surface area contributed by atoms with Crippen molar-refractivity contribution in [2.45, 2.75) is 12.8 Å². The van der Waals surface area contributed by atoms with Crippen LogP contribution < -0.4 is 4.90 Å². The van der Waals surface area contributed by atoms with E-state index in [1.165, 1.54) is 0 Å². The molecule has 1 rings (SSSR count). The van der Waals surface area contributed by atoms with E-state index in [-0.39, 0.29) is 0 Å². The maximum atomic E-state index is 5.82. The second kappa shape index (κ2) is 4.82. The maximum Gasteiger partial charge on any atom is 0.132 e. The molecule has 0 bridgehead atoms. The van der Waals surface area contributed by atoms with E-state index in [2.05, 4.69) is 32.7 Å². The van der Waals surface area contributed by atoms with Crippen molar-refractivity contribution >= 4 is 33.3 Å². The van der Waals surface area contributed by atoms with Gasteiger partial charge in [-0.05, 0) is 28.9 Å². The van der Waals surface area contributed by atoms with Gasteiger partial charge in [0.15, 0.2) is 0 Å². The third-order valence-electron chi connectivity index (χ3n) is 1.89. The minimum absolute atomic E-state index is 0.492. The van der Waals surface area contributed by atoms with Gasteiger partial charge in [0.05, 0.1) is 5.88 Å². The van der Waals surface area contributed by atoms with Crippen LogP contribution in [0.5, 0.6) is 0 Å². The highest BCUT2D eigenvalue weighted by molar-refractivity contribution is 9.10. The molecule has 0 atom stereocenters. The summed E-state index contributed by atoms with van der Waals surface area (Å²) in [6.07, 6.45) is 1.79. The molecule has 0 aliphatic carbocycles. The number of aromatic nitrogens is 1. The molecule has 0 N–H and O–H groups in total. The number of hydrogen-bond donors (Lipinski definition) is 0. The zero-order chi connectivity index (χ0) is 9.84. The van der Waals surface area contributed by atoms with E-state index in [0.29, 0.717) is 5.88 Å². The number of hydrogen-bond acceptors (Lipinski definition) is 2. The SMILES string of the molecule is CCN(C)c1ncc(Br)cc1CCl. The summed E-state index contributed by atoms with van der Waals surface area (Å²) in [7, 11) is 2.01. The minimum Gasteiger partial charge on any atom is -0.360 e. The van der Waals surface area contributed by atoms with Crippen LogP contribution in [0.15, 0.2) is 16.7 Å². The Morgan fingerprint density at radius 2 is 2.31 bits per heavy atom. The van der Waals surface area contributed by atoms with Gasteiger partial charge < -0.3 is 4.90 Å². The van der Waals surface area contributed by atoms with Crippen molar-refractivity contribution in [2.24, 2.45) is 0 Å². The van der Waals surface area contributed by atoms with Crippen LogP contribution in [-0.2, 0) is 5.88 Å². The second-order valence-corrected chi connectivity index (χ2v) is 3.97. The lowest BCUT2D eigenvalue weighted by Gasteiger charge is -2.18. The number of halogens is 2. The largest absolute Gasteiger partial charge is 0.360 e. The first-order valence-corrected chi connectivity index (χ1v) is 5.43. The molecule has 72 valence electrons. The van der Waals surface area contributed by atoms with Crippen LogP contribution in [0.3, 0.4) is 0 Å². The standard InChI is InChI=1S/C9H12BrClN2/c1-3-13(2)9-7(5-11)4-8(10)6-12-9/h4,6H,3,5H2,1-2H3. The third-order valence-corrected chi connectivity index (χ3v) is 2.61. The van der Waals surface area contributed by atoms with Crippen LogP contribution in [0.2, 0.25) is 0 Å². The lowest BCUT2D eigenvalue weighted by molar-refractivity contribution is 0.926. The monoisotopic (exact) mass is 262 g/mol. The van der Waals surface area contributed by atoms with Crippen LogP contribution >= 0.6 is 27.5 Å². The smallest absolute Gasteiger partial charge is 0.132 e. The predicted octanol–water partition coefficient (Wildman–Crippen LogP) is 3.04. The minimum atomic E-state index is 0.492. The third kappa shape index (κ3) is 2.58. The van der Waals surface area contributed by atoms with Crippen LogP contribution in [0.1, 0.15) is 12.5 Å². The molecule has 0 saturated carbocycles. The van der Waals surface area contributed by atoms with Gasteiger partial charge in [0.1, 0.15) is 5.82 Å². The van der Waals surface area contributed by atoms with E-state index in [4.69, 9.17) is 11.6 Å². The highest BCUT2D eigenvalue weighted by atomic mass is 79.9.